The highest BCUT2D eigenvalue weighted by molar-refractivity contribution is 5.88. The standard InChI is InChI=1S/C25H34N2O4/c1-6-19(4)26-25(29)21(7-2)27(16-20-12-10-11-18(3)15-20)24(28)17-31-23-14-9-8-13-22(23)30-5/h8-15,19,21H,6-7,16-17H2,1-5H3,(H,26,29)/t19-,21+/m1/s1. The molecule has 0 aliphatic carbocycles. The zero-order chi connectivity index (χ0) is 22.8. The number of aryl methyl sites for hydroxylation is 1. The van der Waals surface area contributed by atoms with Crippen LogP contribution >= 0.6 is 0 Å². The summed E-state index contributed by atoms with van der Waals surface area (Å²) in [7, 11) is 1.56. The Labute approximate surface area is 185 Å². The van der Waals surface area contributed by atoms with Gasteiger partial charge in [-0.1, -0.05) is 55.8 Å². The summed E-state index contributed by atoms with van der Waals surface area (Å²) in [5.74, 6) is 0.654. The van der Waals surface area contributed by atoms with Crippen molar-refractivity contribution >= 4 is 11.8 Å². The van der Waals surface area contributed by atoms with Gasteiger partial charge in [-0.2, -0.15) is 0 Å². The Balaban J connectivity index is 2.24. The van der Waals surface area contributed by atoms with E-state index in [1.54, 1.807) is 24.1 Å². The third kappa shape index (κ3) is 7.02. The molecule has 6 heteroatoms. The van der Waals surface area contributed by atoms with Crippen molar-refractivity contribution in [3.63, 3.8) is 0 Å². The summed E-state index contributed by atoms with van der Waals surface area (Å²) in [4.78, 5) is 27.8. The lowest BCUT2D eigenvalue weighted by molar-refractivity contribution is -0.143. The van der Waals surface area contributed by atoms with Gasteiger partial charge < -0.3 is 19.7 Å². The van der Waals surface area contributed by atoms with Gasteiger partial charge in [-0.25, -0.2) is 0 Å². The summed E-state index contributed by atoms with van der Waals surface area (Å²) < 4.78 is 11.1. The summed E-state index contributed by atoms with van der Waals surface area (Å²) >= 11 is 0. The molecule has 31 heavy (non-hydrogen) atoms. The smallest absolute Gasteiger partial charge is 0.261 e. The fraction of sp³-hybridized carbons (Fsp3) is 0.440. The first-order valence-electron chi connectivity index (χ1n) is 10.8. The van der Waals surface area contributed by atoms with E-state index in [0.717, 1.165) is 17.5 Å². The SMILES string of the molecule is CC[C@@H](C)NC(=O)[C@H](CC)N(Cc1cccc(C)c1)C(=O)COc1ccccc1OC. The summed E-state index contributed by atoms with van der Waals surface area (Å²) in [5, 5.41) is 3.01. The number of methoxy groups -OCH3 is 1. The molecule has 0 fully saturated rings. The first-order chi connectivity index (χ1) is 14.9. The zero-order valence-electron chi connectivity index (χ0n) is 19.2. The van der Waals surface area contributed by atoms with Crippen LogP contribution in [-0.2, 0) is 16.1 Å². The zero-order valence-corrected chi connectivity index (χ0v) is 19.2. The minimum atomic E-state index is -0.580. The van der Waals surface area contributed by atoms with Gasteiger partial charge in [0.05, 0.1) is 7.11 Å². The van der Waals surface area contributed by atoms with Crippen LogP contribution in [0.1, 0.15) is 44.7 Å². The Bertz CT molecular complexity index is 868. The molecule has 2 aromatic carbocycles. The van der Waals surface area contributed by atoms with Crippen LogP contribution in [0.2, 0.25) is 0 Å². The van der Waals surface area contributed by atoms with Gasteiger partial charge in [-0.15, -0.1) is 0 Å². The predicted molar refractivity (Wildman–Crippen MR) is 122 cm³/mol. The highest BCUT2D eigenvalue weighted by Crippen LogP contribution is 2.26. The van der Waals surface area contributed by atoms with Crippen LogP contribution in [0.15, 0.2) is 48.5 Å². The van der Waals surface area contributed by atoms with Crippen molar-refractivity contribution in [3.8, 4) is 11.5 Å². The summed E-state index contributed by atoms with van der Waals surface area (Å²) in [6.45, 7) is 8.05. The van der Waals surface area contributed by atoms with E-state index >= 15 is 0 Å². The molecule has 0 unspecified atom stereocenters. The fourth-order valence-corrected chi connectivity index (χ4v) is 3.33. The molecule has 0 aliphatic rings. The molecule has 0 saturated carbocycles. The van der Waals surface area contributed by atoms with Gasteiger partial charge in [0.15, 0.2) is 18.1 Å². The number of rotatable bonds is 11. The number of hydrogen-bond acceptors (Lipinski definition) is 4. The summed E-state index contributed by atoms with van der Waals surface area (Å²) in [5.41, 5.74) is 2.08. The van der Waals surface area contributed by atoms with E-state index in [1.807, 2.05) is 64.1 Å². The summed E-state index contributed by atoms with van der Waals surface area (Å²) in [6, 6.07) is 14.6. The van der Waals surface area contributed by atoms with E-state index in [1.165, 1.54) is 0 Å². The van der Waals surface area contributed by atoms with E-state index in [2.05, 4.69) is 5.32 Å². The van der Waals surface area contributed by atoms with E-state index in [4.69, 9.17) is 9.47 Å². The second-order valence-corrected chi connectivity index (χ2v) is 7.69. The minimum Gasteiger partial charge on any atom is -0.493 e. The molecular weight excluding hydrogens is 392 g/mol. The average molecular weight is 427 g/mol. The highest BCUT2D eigenvalue weighted by Gasteiger charge is 2.29. The Morgan fingerprint density at radius 1 is 1.03 bits per heavy atom. The van der Waals surface area contributed by atoms with Crippen LogP contribution < -0.4 is 14.8 Å². The first kappa shape index (κ1) is 24.3. The number of para-hydroxylation sites is 2. The van der Waals surface area contributed by atoms with Gasteiger partial charge in [-0.3, -0.25) is 9.59 Å². The van der Waals surface area contributed by atoms with Gasteiger partial charge in [0, 0.05) is 12.6 Å². The quantitative estimate of drug-likeness (QED) is 0.587. The largest absolute Gasteiger partial charge is 0.493 e. The lowest BCUT2D eigenvalue weighted by Gasteiger charge is -2.31. The molecule has 0 aliphatic heterocycles. The second-order valence-electron chi connectivity index (χ2n) is 7.69. The first-order valence-corrected chi connectivity index (χ1v) is 10.8. The third-order valence-corrected chi connectivity index (χ3v) is 5.24. The molecular formula is C25H34N2O4. The predicted octanol–water partition coefficient (Wildman–Crippen LogP) is 4.10. The summed E-state index contributed by atoms with van der Waals surface area (Å²) in [6.07, 6.45) is 1.33. The molecule has 1 N–H and O–H groups in total. The molecule has 2 aromatic rings. The molecule has 0 aromatic heterocycles. The number of nitrogens with zero attached hydrogens (tertiary/aromatic N) is 1. The van der Waals surface area contributed by atoms with Gasteiger partial charge in [0.25, 0.3) is 5.91 Å². The van der Waals surface area contributed by atoms with Crippen LogP contribution in [0.3, 0.4) is 0 Å². The van der Waals surface area contributed by atoms with Crippen LogP contribution in [-0.4, -0.2) is 42.5 Å². The van der Waals surface area contributed by atoms with Crippen LogP contribution in [0.25, 0.3) is 0 Å². The molecule has 2 atom stereocenters. The average Bonchev–Trinajstić information content (AvgIpc) is 2.77. The topological polar surface area (TPSA) is 67.9 Å². The van der Waals surface area contributed by atoms with E-state index in [0.29, 0.717) is 24.5 Å². The van der Waals surface area contributed by atoms with Crippen molar-refractivity contribution in [3.05, 3.63) is 59.7 Å². The number of carbonyl (C=O) groups is 2. The number of benzene rings is 2. The van der Waals surface area contributed by atoms with E-state index in [-0.39, 0.29) is 24.5 Å². The Morgan fingerprint density at radius 3 is 2.35 bits per heavy atom. The Morgan fingerprint density at radius 2 is 1.74 bits per heavy atom. The maximum Gasteiger partial charge on any atom is 0.261 e. The molecule has 2 rings (SSSR count). The second kappa shape index (κ2) is 12.0. The monoisotopic (exact) mass is 426 g/mol. The molecule has 168 valence electrons. The normalized spacial score (nSPS) is 12.5. The molecule has 0 spiro atoms. The molecule has 0 heterocycles. The lowest BCUT2D eigenvalue weighted by Crippen LogP contribution is -2.51. The van der Waals surface area contributed by atoms with Gasteiger partial charge in [-0.05, 0) is 44.4 Å². The van der Waals surface area contributed by atoms with Crippen LogP contribution in [0.4, 0.5) is 0 Å². The fourth-order valence-electron chi connectivity index (χ4n) is 3.33. The number of nitrogens with one attached hydrogen (secondary N) is 1. The van der Waals surface area contributed by atoms with Crippen molar-refractivity contribution in [2.24, 2.45) is 0 Å². The van der Waals surface area contributed by atoms with E-state index < -0.39 is 6.04 Å². The Hall–Kier alpha value is -3.02. The van der Waals surface area contributed by atoms with Crippen molar-refractivity contribution in [1.82, 2.24) is 10.2 Å². The van der Waals surface area contributed by atoms with Gasteiger partial charge in [0.1, 0.15) is 6.04 Å². The molecule has 6 nitrogen and oxygen atoms in total. The maximum absolute atomic E-state index is 13.2. The van der Waals surface area contributed by atoms with Crippen molar-refractivity contribution in [2.45, 2.75) is 59.2 Å². The third-order valence-electron chi connectivity index (χ3n) is 5.24. The van der Waals surface area contributed by atoms with E-state index in [9.17, 15) is 9.59 Å². The van der Waals surface area contributed by atoms with Gasteiger partial charge >= 0.3 is 0 Å². The van der Waals surface area contributed by atoms with Crippen LogP contribution in [0.5, 0.6) is 11.5 Å². The van der Waals surface area contributed by atoms with Gasteiger partial charge in [0.2, 0.25) is 5.91 Å². The van der Waals surface area contributed by atoms with Crippen molar-refractivity contribution < 1.29 is 19.1 Å². The Kier molecular flexibility index (Phi) is 9.38. The molecule has 0 radical (unpaired) electrons. The lowest BCUT2D eigenvalue weighted by atomic mass is 10.1. The molecule has 0 saturated heterocycles. The number of ether oxygens (including phenoxy) is 2. The highest BCUT2D eigenvalue weighted by atomic mass is 16.5. The van der Waals surface area contributed by atoms with Crippen LogP contribution in [0, 0.1) is 6.92 Å². The number of amides is 2. The molecule has 0 bridgehead atoms. The van der Waals surface area contributed by atoms with Crippen molar-refractivity contribution in [1.29, 1.82) is 0 Å². The molecule has 2 amide bonds. The maximum atomic E-state index is 13.2. The van der Waals surface area contributed by atoms with Crippen molar-refractivity contribution in [2.75, 3.05) is 13.7 Å². The number of carbonyl (C=O) groups excluding carboxylic acids is 2. The number of hydrogen-bond donors (Lipinski definition) is 1. The minimum absolute atomic E-state index is 0.0438.